The molecule has 0 aromatic carbocycles. The maximum Gasteiger partial charge on any atom is 0.0920 e. The first-order valence-corrected chi connectivity index (χ1v) is 9.31. The molecule has 1 aliphatic heterocycles. The van der Waals surface area contributed by atoms with Crippen LogP contribution in [0.2, 0.25) is 0 Å². The van der Waals surface area contributed by atoms with E-state index in [1.165, 1.54) is 0 Å². The lowest BCUT2D eigenvalue weighted by Crippen LogP contribution is -2.34. The lowest BCUT2D eigenvalue weighted by molar-refractivity contribution is 0.00625. The van der Waals surface area contributed by atoms with E-state index in [2.05, 4.69) is 20.4 Å². The number of aliphatic hydroxyl groups is 2. The highest BCUT2D eigenvalue weighted by molar-refractivity contribution is 5.10. The van der Waals surface area contributed by atoms with Gasteiger partial charge in [0.1, 0.15) is 0 Å². The monoisotopic (exact) mass is 322 g/mol. The first-order valence-electron chi connectivity index (χ1n) is 9.31. The topological polar surface area (TPSA) is 53.0 Å². The Kier molecular flexibility index (Phi) is 4.23. The fourth-order valence-corrected chi connectivity index (χ4v) is 4.88. The Morgan fingerprint density at radius 3 is 2.57 bits per heavy atom. The second-order valence-electron chi connectivity index (χ2n) is 9.32. The molecule has 3 aliphatic rings. The van der Waals surface area contributed by atoms with Crippen LogP contribution >= 0.6 is 0 Å². The van der Waals surface area contributed by atoms with Crippen molar-refractivity contribution in [1.82, 2.24) is 0 Å². The number of hydrogen-bond donors (Lipinski definition) is 2. The molecule has 132 valence electrons. The third kappa shape index (κ3) is 3.38. The molecular formula is C20H34O3. The lowest BCUT2D eigenvalue weighted by atomic mass is 9.71. The summed E-state index contributed by atoms with van der Waals surface area (Å²) in [5.41, 5.74) is 0.488. The van der Waals surface area contributed by atoms with Gasteiger partial charge in [0.05, 0.1) is 23.4 Å². The van der Waals surface area contributed by atoms with Gasteiger partial charge in [0.2, 0.25) is 0 Å². The molecule has 0 radical (unpaired) electrons. The number of rotatable bonds is 4. The Morgan fingerprint density at radius 2 is 1.91 bits per heavy atom. The zero-order valence-electron chi connectivity index (χ0n) is 15.3. The van der Waals surface area contributed by atoms with Crippen LogP contribution in [-0.4, -0.2) is 33.6 Å². The van der Waals surface area contributed by atoms with Crippen LogP contribution in [0.15, 0.2) is 12.2 Å². The largest absolute Gasteiger partial charge is 0.390 e. The van der Waals surface area contributed by atoms with E-state index < -0.39 is 11.7 Å². The molecule has 3 rings (SSSR count). The van der Waals surface area contributed by atoms with Crippen molar-refractivity contribution in [2.24, 2.45) is 17.3 Å². The molecule has 0 spiro atoms. The summed E-state index contributed by atoms with van der Waals surface area (Å²) in [6.07, 6.45) is 6.89. The Labute approximate surface area is 141 Å². The molecule has 7 atom stereocenters. The van der Waals surface area contributed by atoms with E-state index in [1.807, 2.05) is 13.8 Å². The van der Waals surface area contributed by atoms with Gasteiger partial charge < -0.3 is 14.9 Å². The fourth-order valence-electron chi connectivity index (χ4n) is 4.88. The number of fused-ring (bicyclic) bond motifs is 2. The summed E-state index contributed by atoms with van der Waals surface area (Å²) < 4.78 is 5.96. The van der Waals surface area contributed by atoms with Crippen LogP contribution in [0, 0.1) is 17.3 Å². The summed E-state index contributed by atoms with van der Waals surface area (Å²) in [6.45, 7) is 12.4. The van der Waals surface area contributed by atoms with E-state index in [9.17, 15) is 10.2 Å². The zero-order chi connectivity index (χ0) is 17.0. The first-order chi connectivity index (χ1) is 10.6. The number of hydrogen-bond acceptors (Lipinski definition) is 3. The molecule has 3 nitrogen and oxygen atoms in total. The Balaban J connectivity index is 1.73. The van der Waals surface area contributed by atoms with E-state index in [-0.39, 0.29) is 11.0 Å². The van der Waals surface area contributed by atoms with Crippen molar-refractivity contribution in [3.8, 4) is 0 Å². The second-order valence-corrected chi connectivity index (χ2v) is 9.32. The SMILES string of the molecule is C=C(C)[C@@H](O)CC[C@@]1(C)CC[C@]2(C)O[C@H]2CC[C@](C)(O)[C@H]2C[C@@H]21. The summed E-state index contributed by atoms with van der Waals surface area (Å²) in [5.74, 6) is 0.992. The van der Waals surface area contributed by atoms with Crippen molar-refractivity contribution in [1.29, 1.82) is 0 Å². The van der Waals surface area contributed by atoms with Crippen molar-refractivity contribution < 1.29 is 14.9 Å². The van der Waals surface area contributed by atoms with Gasteiger partial charge in [0.25, 0.3) is 0 Å². The van der Waals surface area contributed by atoms with Gasteiger partial charge in [-0.05, 0) is 83.0 Å². The maximum atomic E-state index is 10.9. The van der Waals surface area contributed by atoms with Crippen molar-refractivity contribution in [2.75, 3.05) is 0 Å². The van der Waals surface area contributed by atoms with E-state index in [0.29, 0.717) is 17.9 Å². The average Bonchev–Trinajstić information content (AvgIpc) is 3.35. The molecule has 1 heterocycles. The predicted molar refractivity (Wildman–Crippen MR) is 92.1 cm³/mol. The summed E-state index contributed by atoms with van der Waals surface area (Å²) in [4.78, 5) is 0. The third-order valence-electron chi connectivity index (χ3n) is 7.18. The minimum absolute atomic E-state index is 0.0199. The van der Waals surface area contributed by atoms with Gasteiger partial charge in [0, 0.05) is 0 Å². The quantitative estimate of drug-likeness (QED) is 0.611. The molecule has 1 saturated heterocycles. The van der Waals surface area contributed by atoms with E-state index in [4.69, 9.17) is 4.74 Å². The highest BCUT2D eigenvalue weighted by Gasteiger charge is 2.60. The molecule has 2 saturated carbocycles. The van der Waals surface area contributed by atoms with Crippen LogP contribution in [-0.2, 0) is 4.74 Å². The Hall–Kier alpha value is -0.380. The molecule has 0 unspecified atom stereocenters. The van der Waals surface area contributed by atoms with Gasteiger partial charge >= 0.3 is 0 Å². The van der Waals surface area contributed by atoms with Crippen LogP contribution in [0.25, 0.3) is 0 Å². The molecular weight excluding hydrogens is 288 g/mol. The molecule has 2 aliphatic carbocycles. The molecule has 3 fully saturated rings. The summed E-state index contributed by atoms with van der Waals surface area (Å²) >= 11 is 0. The van der Waals surface area contributed by atoms with Gasteiger partial charge in [0.15, 0.2) is 0 Å². The third-order valence-corrected chi connectivity index (χ3v) is 7.18. The normalized spacial score (nSPS) is 50.4. The smallest absolute Gasteiger partial charge is 0.0920 e. The minimum Gasteiger partial charge on any atom is -0.390 e. The molecule has 0 bridgehead atoms. The van der Waals surface area contributed by atoms with Gasteiger partial charge in [-0.25, -0.2) is 0 Å². The van der Waals surface area contributed by atoms with E-state index in [0.717, 1.165) is 50.5 Å². The maximum absolute atomic E-state index is 10.9. The number of ether oxygens (including phenoxy) is 1. The molecule has 23 heavy (non-hydrogen) atoms. The molecule has 2 N–H and O–H groups in total. The first kappa shape index (κ1) is 17.4. The molecule has 0 amide bonds. The van der Waals surface area contributed by atoms with E-state index >= 15 is 0 Å². The fraction of sp³-hybridized carbons (Fsp3) is 0.900. The van der Waals surface area contributed by atoms with Crippen LogP contribution in [0.4, 0.5) is 0 Å². The predicted octanol–water partition coefficient (Wildman–Crippen LogP) is 3.83. The molecule has 3 heteroatoms. The van der Waals surface area contributed by atoms with Crippen molar-refractivity contribution in [3.63, 3.8) is 0 Å². The Bertz CT molecular complexity index is 485. The van der Waals surface area contributed by atoms with Gasteiger partial charge in [-0.1, -0.05) is 19.1 Å². The van der Waals surface area contributed by atoms with Crippen molar-refractivity contribution in [2.45, 2.75) is 96.1 Å². The highest BCUT2D eigenvalue weighted by atomic mass is 16.6. The summed E-state index contributed by atoms with van der Waals surface area (Å²) in [6, 6.07) is 0. The highest BCUT2D eigenvalue weighted by Crippen LogP contribution is 2.62. The van der Waals surface area contributed by atoms with Crippen molar-refractivity contribution in [3.05, 3.63) is 12.2 Å². The Morgan fingerprint density at radius 1 is 1.22 bits per heavy atom. The summed E-state index contributed by atoms with van der Waals surface area (Å²) in [5, 5.41) is 21.0. The minimum atomic E-state index is -0.566. The van der Waals surface area contributed by atoms with Gasteiger partial charge in [-0.2, -0.15) is 0 Å². The zero-order valence-corrected chi connectivity index (χ0v) is 15.3. The lowest BCUT2D eigenvalue weighted by Gasteiger charge is -2.35. The number of aliphatic hydroxyl groups excluding tert-OH is 1. The van der Waals surface area contributed by atoms with Gasteiger partial charge in [-0.15, -0.1) is 0 Å². The second kappa shape index (κ2) is 5.57. The van der Waals surface area contributed by atoms with E-state index in [1.54, 1.807) is 0 Å². The van der Waals surface area contributed by atoms with Crippen LogP contribution < -0.4 is 0 Å². The van der Waals surface area contributed by atoms with Crippen LogP contribution in [0.3, 0.4) is 0 Å². The number of epoxide rings is 1. The summed E-state index contributed by atoms with van der Waals surface area (Å²) in [7, 11) is 0. The van der Waals surface area contributed by atoms with Crippen molar-refractivity contribution >= 4 is 0 Å². The molecule has 0 aromatic heterocycles. The van der Waals surface area contributed by atoms with Gasteiger partial charge in [-0.3, -0.25) is 0 Å². The molecule has 0 aromatic rings. The average molecular weight is 322 g/mol. The van der Waals surface area contributed by atoms with Crippen LogP contribution in [0.5, 0.6) is 0 Å². The standard InChI is InChI=1S/C20H34O3/c1-13(2)16(21)6-8-18(3)10-11-20(5)17(23-20)7-9-19(4,22)15-12-14(15)18/h14-17,21-22H,1,6-12H2,2-5H3/t14-,15-,16-,17-,18-,19-,20-/m0/s1. The van der Waals surface area contributed by atoms with Crippen LogP contribution in [0.1, 0.15) is 72.6 Å².